The Morgan fingerprint density at radius 2 is 0.877 bits per heavy atom. The second-order valence-corrected chi connectivity index (χ2v) is 15.0. The van der Waals surface area contributed by atoms with Crippen molar-refractivity contribution in [2.24, 2.45) is 0 Å². The van der Waals surface area contributed by atoms with Gasteiger partial charge in [-0.05, 0) is 87.8 Å². The van der Waals surface area contributed by atoms with E-state index in [9.17, 15) is 0 Å². The van der Waals surface area contributed by atoms with Crippen LogP contribution in [0, 0.1) is 0 Å². The molecule has 1 atom stereocenters. The highest BCUT2D eigenvalue weighted by molar-refractivity contribution is 6.12. The lowest BCUT2D eigenvalue weighted by molar-refractivity contribution is 0.648. The van der Waals surface area contributed by atoms with Gasteiger partial charge in [-0.2, -0.15) is 0 Å². The summed E-state index contributed by atoms with van der Waals surface area (Å²) in [6, 6.07) is 71.2. The molecule has 2 aromatic heterocycles. The summed E-state index contributed by atoms with van der Waals surface area (Å²) in [4.78, 5) is 15.8. The Bertz CT molecular complexity index is 3000. The van der Waals surface area contributed by atoms with E-state index < -0.39 is 5.41 Å². The Morgan fingerprint density at radius 1 is 0.368 bits per heavy atom. The van der Waals surface area contributed by atoms with E-state index in [1.807, 2.05) is 36.4 Å². The first-order valence-electron chi connectivity index (χ1n) is 19.4. The molecule has 10 aromatic rings. The Balaban J connectivity index is 1.20. The number of aromatic nitrogens is 4. The quantitative estimate of drug-likeness (QED) is 0.171. The average Bonchev–Trinajstić information content (AvgIpc) is 3.75. The first-order chi connectivity index (χ1) is 28.1. The molecule has 0 N–H and O–H groups in total. The van der Waals surface area contributed by atoms with Gasteiger partial charge in [0, 0.05) is 27.6 Å². The summed E-state index contributed by atoms with van der Waals surface area (Å²) < 4.78 is 2.45. The molecule has 0 bridgehead atoms. The van der Waals surface area contributed by atoms with Gasteiger partial charge in [-0.25, -0.2) is 15.0 Å². The van der Waals surface area contributed by atoms with Crippen LogP contribution in [0.1, 0.15) is 23.9 Å². The van der Waals surface area contributed by atoms with Crippen LogP contribution >= 0.6 is 0 Å². The van der Waals surface area contributed by atoms with Crippen molar-refractivity contribution in [2.45, 2.75) is 12.3 Å². The fourth-order valence-electron chi connectivity index (χ4n) is 8.84. The molecule has 268 valence electrons. The van der Waals surface area contributed by atoms with E-state index >= 15 is 0 Å². The van der Waals surface area contributed by atoms with Crippen LogP contribution in [0.25, 0.3) is 83.6 Å². The van der Waals surface area contributed by atoms with Crippen LogP contribution < -0.4 is 0 Å². The van der Waals surface area contributed by atoms with E-state index in [1.54, 1.807) is 0 Å². The molecule has 8 aromatic carbocycles. The normalized spacial score (nSPS) is 14.5. The highest BCUT2D eigenvalue weighted by atomic mass is 15.0. The molecule has 1 aliphatic carbocycles. The molecule has 0 saturated carbocycles. The first-order valence-corrected chi connectivity index (χ1v) is 19.4. The number of rotatable bonds is 6. The number of hydrogen-bond donors (Lipinski definition) is 0. The van der Waals surface area contributed by atoms with Gasteiger partial charge in [0.1, 0.15) is 5.82 Å². The Hall–Kier alpha value is -7.43. The molecule has 0 spiro atoms. The van der Waals surface area contributed by atoms with E-state index in [2.05, 4.69) is 175 Å². The summed E-state index contributed by atoms with van der Waals surface area (Å²) in [5.41, 5.74) is 14.1. The second kappa shape index (κ2) is 13.1. The van der Waals surface area contributed by atoms with E-state index in [-0.39, 0.29) is 0 Å². The molecule has 1 aliphatic rings. The minimum absolute atomic E-state index is 0.660. The number of para-hydroxylation sites is 1. The predicted octanol–water partition coefficient (Wildman–Crippen LogP) is 13.0. The lowest BCUT2D eigenvalue weighted by Crippen LogP contribution is -2.26. The summed E-state index contributed by atoms with van der Waals surface area (Å²) >= 11 is 0. The summed E-state index contributed by atoms with van der Waals surface area (Å²) in [5, 5.41) is 2.42. The summed E-state index contributed by atoms with van der Waals surface area (Å²) in [5.74, 6) is 2.04. The maximum atomic E-state index is 5.35. The maximum Gasteiger partial charge on any atom is 0.163 e. The fraction of sp³-hybridized carbons (Fsp3) is 0.0377. The molecule has 0 fully saturated rings. The molecule has 0 amide bonds. The second-order valence-electron chi connectivity index (χ2n) is 15.0. The van der Waals surface area contributed by atoms with Crippen molar-refractivity contribution in [1.29, 1.82) is 0 Å². The van der Waals surface area contributed by atoms with E-state index in [4.69, 9.17) is 15.0 Å². The molecule has 0 saturated heterocycles. The minimum Gasteiger partial charge on any atom is -0.309 e. The smallest absolute Gasteiger partial charge is 0.163 e. The molecular weight excluding hydrogens is 693 g/mol. The van der Waals surface area contributed by atoms with Gasteiger partial charge in [0.15, 0.2) is 11.6 Å². The zero-order valence-electron chi connectivity index (χ0n) is 31.3. The highest BCUT2D eigenvalue weighted by Crippen LogP contribution is 2.54. The predicted molar refractivity (Wildman–Crippen MR) is 233 cm³/mol. The monoisotopic (exact) mass is 728 g/mol. The zero-order chi connectivity index (χ0) is 37.9. The van der Waals surface area contributed by atoms with Crippen molar-refractivity contribution in [3.8, 4) is 61.8 Å². The van der Waals surface area contributed by atoms with Gasteiger partial charge in [0.2, 0.25) is 0 Å². The number of benzene rings is 8. The van der Waals surface area contributed by atoms with Gasteiger partial charge in [0.25, 0.3) is 0 Å². The van der Waals surface area contributed by atoms with Crippen molar-refractivity contribution in [1.82, 2.24) is 19.5 Å². The third kappa shape index (κ3) is 5.33. The van der Waals surface area contributed by atoms with Crippen molar-refractivity contribution in [3.63, 3.8) is 0 Å². The Kier molecular flexibility index (Phi) is 7.58. The molecular formula is C53H36N4. The Morgan fingerprint density at radius 3 is 1.47 bits per heavy atom. The zero-order valence-corrected chi connectivity index (χ0v) is 31.3. The minimum atomic E-state index is -0.682. The molecule has 57 heavy (non-hydrogen) atoms. The van der Waals surface area contributed by atoms with Crippen LogP contribution in [0.2, 0.25) is 0 Å². The van der Waals surface area contributed by atoms with Crippen LogP contribution in [0.3, 0.4) is 0 Å². The molecule has 4 heteroatoms. The van der Waals surface area contributed by atoms with Crippen molar-refractivity contribution in [2.75, 3.05) is 0 Å². The summed E-state index contributed by atoms with van der Waals surface area (Å²) in [7, 11) is 0. The molecule has 2 heterocycles. The van der Waals surface area contributed by atoms with Gasteiger partial charge < -0.3 is 4.57 Å². The third-order valence-electron chi connectivity index (χ3n) is 11.6. The van der Waals surface area contributed by atoms with Crippen LogP contribution in [0.5, 0.6) is 0 Å². The molecule has 0 aliphatic heterocycles. The van der Waals surface area contributed by atoms with Gasteiger partial charge in [0.05, 0.1) is 16.4 Å². The topological polar surface area (TPSA) is 43.6 Å². The van der Waals surface area contributed by atoms with Gasteiger partial charge in [-0.15, -0.1) is 0 Å². The van der Waals surface area contributed by atoms with E-state index in [1.165, 1.54) is 55.3 Å². The van der Waals surface area contributed by atoms with Crippen molar-refractivity contribution < 1.29 is 0 Å². The lowest BCUT2D eigenvalue weighted by Gasteiger charge is -2.27. The standard InChI is InChI=1S/C53H36N4/c1-53(52-55-50(37-22-10-4-11-23-37)54-51(56-52)38-24-12-5-13-25-38)46-28-16-14-26-42(46)44-33-45-43-27-15-17-29-48(43)57(49(45)34-47(44)53)41-31-39(35-18-6-2-7-19-35)30-40(32-41)36-20-8-3-9-21-36/h2-34H,1H3. The number of nitrogens with zero attached hydrogens (tertiary/aromatic N) is 4. The van der Waals surface area contributed by atoms with Crippen LogP contribution in [0.15, 0.2) is 200 Å². The lowest BCUT2D eigenvalue weighted by atomic mass is 9.79. The van der Waals surface area contributed by atoms with Crippen LogP contribution in [-0.2, 0) is 5.41 Å². The number of hydrogen-bond acceptors (Lipinski definition) is 3. The van der Waals surface area contributed by atoms with Crippen molar-refractivity contribution >= 4 is 21.8 Å². The summed E-state index contributed by atoms with van der Waals surface area (Å²) in [6.07, 6.45) is 0. The van der Waals surface area contributed by atoms with E-state index in [0.717, 1.165) is 33.7 Å². The van der Waals surface area contributed by atoms with Gasteiger partial charge >= 0.3 is 0 Å². The molecule has 0 radical (unpaired) electrons. The van der Waals surface area contributed by atoms with Crippen LogP contribution in [-0.4, -0.2) is 19.5 Å². The average molecular weight is 729 g/mol. The number of fused-ring (bicyclic) bond motifs is 6. The van der Waals surface area contributed by atoms with E-state index in [0.29, 0.717) is 11.6 Å². The fourth-order valence-corrected chi connectivity index (χ4v) is 8.84. The van der Waals surface area contributed by atoms with Crippen LogP contribution in [0.4, 0.5) is 0 Å². The molecule has 11 rings (SSSR count). The maximum absolute atomic E-state index is 5.35. The SMILES string of the molecule is CC1(c2nc(-c3ccccc3)nc(-c3ccccc3)n2)c2ccccc2-c2cc3c4ccccc4n(-c4cc(-c5ccccc5)cc(-c5ccccc5)c4)c3cc21. The largest absolute Gasteiger partial charge is 0.309 e. The van der Waals surface area contributed by atoms with Gasteiger partial charge in [-0.1, -0.05) is 164 Å². The van der Waals surface area contributed by atoms with Gasteiger partial charge in [-0.3, -0.25) is 0 Å². The summed E-state index contributed by atoms with van der Waals surface area (Å²) in [6.45, 7) is 2.29. The first kappa shape index (κ1) is 33.0. The Labute approximate surface area is 331 Å². The molecule has 1 unspecified atom stereocenters. The highest BCUT2D eigenvalue weighted by Gasteiger charge is 2.44. The third-order valence-corrected chi connectivity index (χ3v) is 11.6. The molecule has 4 nitrogen and oxygen atoms in total. The van der Waals surface area contributed by atoms with Crippen molar-refractivity contribution in [3.05, 3.63) is 217 Å².